The molecule has 1 aromatic rings. The number of hydrogen-bond acceptors (Lipinski definition) is 3. The third-order valence-corrected chi connectivity index (χ3v) is 2.90. The Morgan fingerprint density at radius 3 is 2.88 bits per heavy atom. The molecule has 2 amide bonds. The van der Waals surface area contributed by atoms with E-state index in [4.69, 9.17) is 0 Å². The largest absolute Gasteiger partial charge is 0.355 e. The summed E-state index contributed by atoms with van der Waals surface area (Å²) in [5, 5.41) is 5.41. The molecule has 1 aliphatic rings. The fraction of sp³-hybridized carbons (Fsp3) is 0.417. The lowest BCUT2D eigenvalue weighted by Gasteiger charge is -2.19. The average Bonchev–Trinajstić information content (AvgIpc) is 2.60. The van der Waals surface area contributed by atoms with Crippen LogP contribution in [0.2, 0.25) is 0 Å². The van der Waals surface area contributed by atoms with Gasteiger partial charge in [0.1, 0.15) is 5.82 Å². The van der Waals surface area contributed by atoms with Crippen LogP contribution in [0.3, 0.4) is 0 Å². The zero-order chi connectivity index (χ0) is 12.5. The maximum atomic E-state index is 12.1. The van der Waals surface area contributed by atoms with Crippen molar-refractivity contribution in [2.24, 2.45) is 5.41 Å². The standard InChI is InChI=1S/C12H15N3O2/c1-8-4-3-5-9(14-8)15-11(17)12(2)6-10(16)13-7-12/h3-5H,6-7H2,1-2H3,(H,13,16)(H,14,15,17). The van der Waals surface area contributed by atoms with E-state index in [0.717, 1.165) is 5.69 Å². The summed E-state index contributed by atoms with van der Waals surface area (Å²) in [6.07, 6.45) is 0.227. The van der Waals surface area contributed by atoms with Crippen LogP contribution < -0.4 is 10.6 Å². The summed E-state index contributed by atoms with van der Waals surface area (Å²) in [7, 11) is 0. The summed E-state index contributed by atoms with van der Waals surface area (Å²) >= 11 is 0. The first-order chi connectivity index (χ1) is 7.99. The average molecular weight is 233 g/mol. The molecule has 1 unspecified atom stereocenters. The lowest BCUT2D eigenvalue weighted by atomic mass is 9.88. The first-order valence-corrected chi connectivity index (χ1v) is 5.51. The van der Waals surface area contributed by atoms with E-state index >= 15 is 0 Å². The van der Waals surface area contributed by atoms with Crippen LogP contribution in [-0.4, -0.2) is 23.3 Å². The number of pyridine rings is 1. The number of aromatic nitrogens is 1. The molecule has 0 aliphatic carbocycles. The smallest absolute Gasteiger partial charge is 0.233 e. The molecule has 2 rings (SSSR count). The molecule has 1 fully saturated rings. The summed E-state index contributed by atoms with van der Waals surface area (Å²) < 4.78 is 0. The van der Waals surface area contributed by atoms with Crippen molar-refractivity contribution in [2.75, 3.05) is 11.9 Å². The van der Waals surface area contributed by atoms with Gasteiger partial charge in [-0.15, -0.1) is 0 Å². The monoisotopic (exact) mass is 233 g/mol. The van der Waals surface area contributed by atoms with Crippen LogP contribution in [-0.2, 0) is 9.59 Å². The summed E-state index contributed by atoms with van der Waals surface area (Å²) in [5.41, 5.74) is 0.163. The van der Waals surface area contributed by atoms with E-state index in [-0.39, 0.29) is 18.2 Å². The van der Waals surface area contributed by atoms with E-state index < -0.39 is 5.41 Å². The molecule has 17 heavy (non-hydrogen) atoms. The minimum atomic E-state index is -0.678. The molecule has 2 N–H and O–H groups in total. The van der Waals surface area contributed by atoms with Crippen LogP contribution in [0, 0.1) is 12.3 Å². The molecule has 1 aromatic heterocycles. The van der Waals surface area contributed by atoms with E-state index in [1.807, 2.05) is 19.1 Å². The van der Waals surface area contributed by atoms with Gasteiger partial charge in [0.2, 0.25) is 11.8 Å². The number of anilines is 1. The van der Waals surface area contributed by atoms with Crippen molar-refractivity contribution in [3.63, 3.8) is 0 Å². The predicted octanol–water partition coefficient (Wildman–Crippen LogP) is 0.855. The van der Waals surface area contributed by atoms with Crippen molar-refractivity contribution >= 4 is 17.6 Å². The Hall–Kier alpha value is -1.91. The summed E-state index contributed by atoms with van der Waals surface area (Å²) in [5.74, 6) is 0.268. The lowest BCUT2D eigenvalue weighted by Crippen LogP contribution is -2.35. The lowest BCUT2D eigenvalue weighted by molar-refractivity contribution is -0.126. The summed E-state index contributed by atoms with van der Waals surface area (Å²) in [4.78, 5) is 27.4. The Morgan fingerprint density at radius 2 is 2.29 bits per heavy atom. The Morgan fingerprint density at radius 1 is 1.53 bits per heavy atom. The van der Waals surface area contributed by atoms with Gasteiger partial charge in [-0.05, 0) is 26.0 Å². The van der Waals surface area contributed by atoms with Gasteiger partial charge >= 0.3 is 0 Å². The molecule has 1 aliphatic heterocycles. The fourth-order valence-corrected chi connectivity index (χ4v) is 1.81. The quantitative estimate of drug-likeness (QED) is 0.795. The number of aryl methyl sites for hydroxylation is 1. The highest BCUT2D eigenvalue weighted by Gasteiger charge is 2.40. The third kappa shape index (κ3) is 2.43. The van der Waals surface area contributed by atoms with Crippen LogP contribution in [0.25, 0.3) is 0 Å². The zero-order valence-corrected chi connectivity index (χ0v) is 9.91. The van der Waals surface area contributed by atoms with Gasteiger partial charge in [-0.3, -0.25) is 9.59 Å². The van der Waals surface area contributed by atoms with Gasteiger partial charge in [0.25, 0.3) is 0 Å². The summed E-state index contributed by atoms with van der Waals surface area (Å²) in [6.45, 7) is 4.01. The van der Waals surface area contributed by atoms with Crippen LogP contribution in [0.1, 0.15) is 19.0 Å². The van der Waals surface area contributed by atoms with E-state index in [0.29, 0.717) is 12.4 Å². The molecule has 1 atom stereocenters. The molecule has 2 heterocycles. The van der Waals surface area contributed by atoms with Gasteiger partial charge in [0.05, 0.1) is 5.41 Å². The maximum absolute atomic E-state index is 12.1. The fourth-order valence-electron chi connectivity index (χ4n) is 1.81. The Bertz CT molecular complexity index is 473. The predicted molar refractivity (Wildman–Crippen MR) is 63.3 cm³/mol. The molecule has 0 radical (unpaired) electrons. The highest BCUT2D eigenvalue weighted by molar-refractivity contribution is 5.99. The topological polar surface area (TPSA) is 71.1 Å². The molecular weight excluding hydrogens is 218 g/mol. The van der Waals surface area contributed by atoms with Gasteiger partial charge in [-0.2, -0.15) is 0 Å². The highest BCUT2D eigenvalue weighted by atomic mass is 16.2. The molecule has 90 valence electrons. The van der Waals surface area contributed by atoms with Gasteiger partial charge in [-0.1, -0.05) is 6.07 Å². The summed E-state index contributed by atoms with van der Waals surface area (Å²) in [6, 6.07) is 5.43. The van der Waals surface area contributed by atoms with Gasteiger partial charge in [-0.25, -0.2) is 4.98 Å². The molecule has 0 bridgehead atoms. The van der Waals surface area contributed by atoms with E-state index in [1.54, 1.807) is 13.0 Å². The minimum Gasteiger partial charge on any atom is -0.355 e. The van der Waals surface area contributed by atoms with Gasteiger partial charge < -0.3 is 10.6 Å². The second-order valence-electron chi connectivity index (χ2n) is 4.63. The van der Waals surface area contributed by atoms with Gasteiger partial charge in [0.15, 0.2) is 0 Å². The van der Waals surface area contributed by atoms with E-state index in [9.17, 15) is 9.59 Å². The van der Waals surface area contributed by atoms with Gasteiger partial charge in [0, 0.05) is 18.7 Å². The highest BCUT2D eigenvalue weighted by Crippen LogP contribution is 2.26. The van der Waals surface area contributed by atoms with Crippen molar-refractivity contribution in [1.82, 2.24) is 10.3 Å². The molecule has 0 saturated carbocycles. The van der Waals surface area contributed by atoms with Crippen LogP contribution in [0.5, 0.6) is 0 Å². The normalized spacial score (nSPS) is 23.3. The first-order valence-electron chi connectivity index (χ1n) is 5.51. The SMILES string of the molecule is Cc1cccc(NC(=O)C2(C)CNC(=O)C2)n1. The second kappa shape index (κ2) is 4.16. The number of amides is 2. The Balaban J connectivity index is 2.09. The molecule has 5 heteroatoms. The number of hydrogen-bond donors (Lipinski definition) is 2. The van der Waals surface area contributed by atoms with Crippen molar-refractivity contribution in [1.29, 1.82) is 0 Å². The molecular formula is C12H15N3O2. The number of carbonyl (C=O) groups excluding carboxylic acids is 2. The first kappa shape index (κ1) is 11.6. The molecule has 0 spiro atoms. The van der Waals surface area contributed by atoms with Crippen LogP contribution in [0.15, 0.2) is 18.2 Å². The zero-order valence-electron chi connectivity index (χ0n) is 9.91. The number of nitrogens with zero attached hydrogens (tertiary/aromatic N) is 1. The minimum absolute atomic E-state index is 0.0835. The van der Waals surface area contributed by atoms with Crippen molar-refractivity contribution < 1.29 is 9.59 Å². The van der Waals surface area contributed by atoms with Crippen LogP contribution >= 0.6 is 0 Å². The molecule has 0 aromatic carbocycles. The maximum Gasteiger partial charge on any atom is 0.233 e. The van der Waals surface area contributed by atoms with E-state index in [1.165, 1.54) is 0 Å². The number of carbonyl (C=O) groups is 2. The van der Waals surface area contributed by atoms with Crippen molar-refractivity contribution in [3.05, 3.63) is 23.9 Å². The third-order valence-electron chi connectivity index (χ3n) is 2.90. The Kier molecular flexibility index (Phi) is 2.83. The van der Waals surface area contributed by atoms with Crippen molar-refractivity contribution in [3.8, 4) is 0 Å². The molecule has 5 nitrogen and oxygen atoms in total. The second-order valence-corrected chi connectivity index (χ2v) is 4.63. The van der Waals surface area contributed by atoms with E-state index in [2.05, 4.69) is 15.6 Å². The number of nitrogens with one attached hydrogen (secondary N) is 2. The number of rotatable bonds is 2. The molecule has 1 saturated heterocycles. The van der Waals surface area contributed by atoms with Crippen LogP contribution in [0.4, 0.5) is 5.82 Å². The van der Waals surface area contributed by atoms with Crippen molar-refractivity contribution in [2.45, 2.75) is 20.3 Å². The Labute approximate surface area is 99.6 Å².